The number of rotatable bonds is 3. The van der Waals surface area contributed by atoms with Gasteiger partial charge in [0.2, 0.25) is 0 Å². The molecule has 3 nitrogen and oxygen atoms in total. The molecule has 3 atom stereocenters. The molecule has 114 valence electrons. The molecule has 1 aromatic rings. The van der Waals surface area contributed by atoms with Crippen LogP contribution in [0.5, 0.6) is 0 Å². The van der Waals surface area contributed by atoms with Gasteiger partial charge in [0.1, 0.15) is 0 Å². The highest BCUT2D eigenvalue weighted by atomic mass is 16.7. The molecular weight excluding hydrogens is 261 g/mol. The molecule has 1 saturated heterocycles. The molecule has 0 spiro atoms. The van der Waals surface area contributed by atoms with Gasteiger partial charge in [-0.05, 0) is 43.6 Å². The highest BCUT2D eigenvalue weighted by Gasteiger charge is 2.54. The molecule has 1 saturated carbocycles. The van der Waals surface area contributed by atoms with Crippen molar-refractivity contribution in [2.75, 3.05) is 0 Å². The minimum atomic E-state index is -0.283. The summed E-state index contributed by atoms with van der Waals surface area (Å²) in [4.78, 5) is 0. The van der Waals surface area contributed by atoms with Gasteiger partial charge in [-0.3, -0.25) is 0 Å². The fourth-order valence-electron chi connectivity index (χ4n) is 3.93. The van der Waals surface area contributed by atoms with Crippen LogP contribution in [0.4, 0.5) is 0 Å². The molecule has 1 aromatic carbocycles. The zero-order valence-corrected chi connectivity index (χ0v) is 13.3. The van der Waals surface area contributed by atoms with Crippen molar-refractivity contribution in [3.05, 3.63) is 35.9 Å². The average Bonchev–Trinajstić information content (AvgIpc) is 2.75. The number of hydrogen-bond donors (Lipinski definition) is 1. The summed E-state index contributed by atoms with van der Waals surface area (Å²) >= 11 is 0. The fourth-order valence-corrected chi connectivity index (χ4v) is 3.93. The third kappa shape index (κ3) is 3.18. The maximum absolute atomic E-state index is 6.34. The van der Waals surface area contributed by atoms with Crippen molar-refractivity contribution >= 4 is 7.12 Å². The van der Waals surface area contributed by atoms with Crippen LogP contribution in [0, 0.1) is 5.41 Å². The van der Waals surface area contributed by atoms with Crippen LogP contribution in [0.3, 0.4) is 0 Å². The molecule has 21 heavy (non-hydrogen) atoms. The monoisotopic (exact) mass is 287 g/mol. The largest absolute Gasteiger partial charge is 0.475 e. The van der Waals surface area contributed by atoms with Crippen LogP contribution in [0.15, 0.2) is 30.3 Å². The van der Waals surface area contributed by atoms with Crippen molar-refractivity contribution in [1.29, 1.82) is 0 Å². The minimum absolute atomic E-state index is 0.113. The Kier molecular flexibility index (Phi) is 3.89. The Balaban J connectivity index is 1.66. The van der Waals surface area contributed by atoms with E-state index in [1.54, 1.807) is 0 Å². The summed E-state index contributed by atoms with van der Waals surface area (Å²) in [5.41, 5.74) is 7.72. The second-order valence-corrected chi connectivity index (χ2v) is 7.66. The van der Waals surface area contributed by atoms with Crippen LogP contribution >= 0.6 is 0 Å². The van der Waals surface area contributed by atoms with E-state index in [0.29, 0.717) is 5.41 Å². The second-order valence-electron chi connectivity index (χ2n) is 7.66. The lowest BCUT2D eigenvalue weighted by Crippen LogP contribution is -2.46. The molecule has 4 heteroatoms. The van der Waals surface area contributed by atoms with Crippen LogP contribution in [-0.4, -0.2) is 24.8 Å². The van der Waals surface area contributed by atoms with Gasteiger partial charge in [0, 0.05) is 5.94 Å². The Hall–Kier alpha value is -0.835. The van der Waals surface area contributed by atoms with E-state index < -0.39 is 0 Å². The molecule has 1 aliphatic heterocycles. The molecule has 3 rings (SSSR count). The lowest BCUT2D eigenvalue weighted by molar-refractivity contribution is -0.0298. The van der Waals surface area contributed by atoms with Gasteiger partial charge in [0.25, 0.3) is 0 Å². The molecule has 1 aliphatic carbocycles. The second kappa shape index (κ2) is 5.42. The molecule has 0 aromatic heterocycles. The van der Waals surface area contributed by atoms with Crippen LogP contribution in [0.1, 0.15) is 45.6 Å². The SMILES string of the molecule is CC1(C)CC[C@H]2OB([C@@H](N)Cc3ccccc3)O[C@@]2(C)C1. The summed E-state index contributed by atoms with van der Waals surface area (Å²) in [6.45, 7) is 6.82. The summed E-state index contributed by atoms with van der Waals surface area (Å²) in [7, 11) is -0.283. The molecule has 2 aliphatic rings. The van der Waals surface area contributed by atoms with E-state index in [9.17, 15) is 0 Å². The lowest BCUT2D eigenvalue weighted by Gasteiger charge is -2.43. The number of hydrogen-bond acceptors (Lipinski definition) is 3. The summed E-state index contributed by atoms with van der Waals surface area (Å²) < 4.78 is 12.4. The van der Waals surface area contributed by atoms with Gasteiger partial charge >= 0.3 is 7.12 Å². The van der Waals surface area contributed by atoms with Crippen molar-refractivity contribution in [3.63, 3.8) is 0 Å². The van der Waals surface area contributed by atoms with Gasteiger partial charge in [0.05, 0.1) is 11.7 Å². The number of fused-ring (bicyclic) bond motifs is 1. The van der Waals surface area contributed by atoms with Gasteiger partial charge in [-0.25, -0.2) is 0 Å². The van der Waals surface area contributed by atoms with Crippen molar-refractivity contribution in [3.8, 4) is 0 Å². The first kappa shape index (κ1) is 15.1. The van der Waals surface area contributed by atoms with E-state index in [1.165, 1.54) is 12.0 Å². The Morgan fingerprint density at radius 3 is 2.71 bits per heavy atom. The Morgan fingerprint density at radius 2 is 2.00 bits per heavy atom. The Morgan fingerprint density at radius 1 is 1.29 bits per heavy atom. The molecule has 2 fully saturated rings. The first-order chi connectivity index (χ1) is 9.88. The summed E-state index contributed by atoms with van der Waals surface area (Å²) in [6.07, 6.45) is 4.28. The van der Waals surface area contributed by atoms with Crippen molar-refractivity contribution in [2.24, 2.45) is 11.1 Å². The average molecular weight is 287 g/mol. The molecular formula is C17H26BNO2. The van der Waals surface area contributed by atoms with Gasteiger partial charge < -0.3 is 15.0 Å². The topological polar surface area (TPSA) is 44.5 Å². The maximum atomic E-state index is 6.34. The smallest absolute Gasteiger partial charge is 0.404 e. The highest BCUT2D eigenvalue weighted by molar-refractivity contribution is 6.47. The fraction of sp³-hybridized carbons (Fsp3) is 0.647. The van der Waals surface area contributed by atoms with E-state index >= 15 is 0 Å². The molecule has 0 bridgehead atoms. The van der Waals surface area contributed by atoms with Crippen molar-refractivity contribution < 1.29 is 9.31 Å². The van der Waals surface area contributed by atoms with Crippen LogP contribution in [0.2, 0.25) is 0 Å². The molecule has 0 unspecified atom stereocenters. The maximum Gasteiger partial charge on any atom is 0.475 e. The standard InChI is InChI=1S/C17H26BNO2/c1-16(2)10-9-14-17(3,12-16)21-18(20-14)15(19)11-13-7-5-4-6-8-13/h4-8,14-15H,9-12,19H2,1-3H3/t14-,15+,17+/m1/s1. The summed E-state index contributed by atoms with van der Waals surface area (Å²) in [6, 6.07) is 10.3. The first-order valence-corrected chi connectivity index (χ1v) is 8.01. The van der Waals surface area contributed by atoms with Gasteiger partial charge in [-0.1, -0.05) is 44.2 Å². The third-order valence-corrected chi connectivity index (χ3v) is 4.94. The summed E-state index contributed by atoms with van der Waals surface area (Å²) in [5, 5.41) is 0. The predicted molar refractivity (Wildman–Crippen MR) is 85.9 cm³/mol. The van der Waals surface area contributed by atoms with Crippen LogP contribution in [0.25, 0.3) is 0 Å². The Bertz CT molecular complexity index is 493. The quantitative estimate of drug-likeness (QED) is 0.869. The molecule has 2 N–H and O–H groups in total. The van der Waals surface area contributed by atoms with Gasteiger partial charge in [-0.15, -0.1) is 0 Å². The predicted octanol–water partition coefficient (Wildman–Crippen LogP) is 2.97. The van der Waals surface area contributed by atoms with E-state index in [4.69, 9.17) is 15.0 Å². The zero-order chi connectivity index (χ0) is 15.1. The van der Waals surface area contributed by atoms with Crippen LogP contribution < -0.4 is 5.73 Å². The van der Waals surface area contributed by atoms with Crippen LogP contribution in [-0.2, 0) is 15.7 Å². The highest BCUT2D eigenvalue weighted by Crippen LogP contribution is 2.47. The third-order valence-electron chi connectivity index (χ3n) is 4.94. The van der Waals surface area contributed by atoms with Gasteiger partial charge in [-0.2, -0.15) is 0 Å². The number of benzene rings is 1. The minimum Gasteiger partial charge on any atom is -0.404 e. The molecule has 0 radical (unpaired) electrons. The normalized spacial score (nSPS) is 32.8. The van der Waals surface area contributed by atoms with E-state index in [1.807, 2.05) is 18.2 Å². The van der Waals surface area contributed by atoms with E-state index in [2.05, 4.69) is 32.9 Å². The van der Waals surface area contributed by atoms with Crippen molar-refractivity contribution in [1.82, 2.24) is 0 Å². The number of nitrogens with two attached hydrogens (primary N) is 1. The van der Waals surface area contributed by atoms with E-state index in [-0.39, 0.29) is 24.8 Å². The molecule has 1 heterocycles. The molecule has 0 amide bonds. The van der Waals surface area contributed by atoms with Crippen molar-refractivity contribution in [2.45, 2.75) is 64.1 Å². The Labute approximate surface area is 128 Å². The van der Waals surface area contributed by atoms with Gasteiger partial charge in [0.15, 0.2) is 0 Å². The van der Waals surface area contributed by atoms with E-state index in [0.717, 1.165) is 19.3 Å². The summed E-state index contributed by atoms with van der Waals surface area (Å²) in [5.74, 6) is -0.113. The lowest BCUT2D eigenvalue weighted by atomic mass is 9.69. The zero-order valence-electron chi connectivity index (χ0n) is 13.3. The first-order valence-electron chi connectivity index (χ1n) is 8.01.